The van der Waals surface area contributed by atoms with Gasteiger partial charge in [0.05, 0.1) is 16.3 Å². The van der Waals surface area contributed by atoms with E-state index >= 15 is 0 Å². The molecule has 6 nitrogen and oxygen atoms in total. The summed E-state index contributed by atoms with van der Waals surface area (Å²) in [5, 5.41) is 12.1. The molecule has 28 heavy (non-hydrogen) atoms. The van der Waals surface area contributed by atoms with Crippen molar-refractivity contribution in [2.75, 3.05) is 15.8 Å². The molecule has 0 spiro atoms. The molecule has 3 aromatic rings. The molecule has 0 aliphatic carbocycles. The second kappa shape index (κ2) is 7.92. The Hall–Kier alpha value is -3.03. The molecule has 7 heteroatoms. The zero-order valence-electron chi connectivity index (χ0n) is 15.7. The van der Waals surface area contributed by atoms with Crippen LogP contribution in [-0.4, -0.2) is 19.8 Å². The van der Waals surface area contributed by atoms with Gasteiger partial charge in [-0.1, -0.05) is 36.4 Å². The number of hydrogen-bond acceptors (Lipinski definition) is 5. The Bertz CT molecular complexity index is 1060. The molecule has 1 unspecified atom stereocenters. The number of sulfonamides is 1. The van der Waals surface area contributed by atoms with Crippen molar-refractivity contribution in [2.45, 2.75) is 25.0 Å². The molecule has 0 fully saturated rings. The summed E-state index contributed by atoms with van der Waals surface area (Å²) in [5.74, 6) is 0. The van der Waals surface area contributed by atoms with Crippen LogP contribution in [-0.2, 0) is 10.0 Å². The van der Waals surface area contributed by atoms with Crippen molar-refractivity contribution in [1.82, 2.24) is 0 Å². The molecule has 0 aliphatic rings. The summed E-state index contributed by atoms with van der Waals surface area (Å²) < 4.78 is 28.0. The Labute approximate surface area is 165 Å². The average molecular weight is 398 g/mol. The molecule has 3 rings (SSSR count). The molecule has 3 aromatic carbocycles. The number of nitrogen functional groups attached to an aromatic ring is 1. The minimum atomic E-state index is -3.80. The molecular weight excluding hydrogens is 374 g/mol. The molecule has 0 radical (unpaired) electrons. The van der Waals surface area contributed by atoms with Gasteiger partial charge in [-0.05, 0) is 60.9 Å². The lowest BCUT2D eigenvalue weighted by atomic mass is 9.98. The number of anilines is 3. The normalized spacial score (nSPS) is 12.4. The van der Waals surface area contributed by atoms with Crippen LogP contribution in [0.4, 0.5) is 17.1 Å². The molecule has 1 atom stereocenters. The third kappa shape index (κ3) is 4.27. The molecule has 0 bridgehead atoms. The van der Waals surface area contributed by atoms with Gasteiger partial charge in [-0.25, -0.2) is 8.42 Å². The van der Waals surface area contributed by atoms with Crippen molar-refractivity contribution < 1.29 is 13.5 Å². The van der Waals surface area contributed by atoms with Crippen LogP contribution in [0.5, 0.6) is 0 Å². The number of hydrogen-bond donors (Lipinski definition) is 4. The Kier molecular flexibility index (Phi) is 5.58. The first kappa shape index (κ1) is 19.7. The van der Waals surface area contributed by atoms with Crippen LogP contribution in [0, 0.1) is 6.92 Å². The van der Waals surface area contributed by atoms with Crippen LogP contribution < -0.4 is 15.8 Å². The summed E-state index contributed by atoms with van der Waals surface area (Å²) >= 11 is 0. The van der Waals surface area contributed by atoms with Gasteiger partial charge in [0.1, 0.15) is 6.23 Å². The highest BCUT2D eigenvalue weighted by atomic mass is 32.2. The zero-order valence-corrected chi connectivity index (χ0v) is 16.5. The molecule has 0 heterocycles. The fraction of sp³-hybridized carbons (Fsp3) is 0.143. The van der Waals surface area contributed by atoms with E-state index in [1.807, 2.05) is 43.3 Å². The van der Waals surface area contributed by atoms with Gasteiger partial charge in [0.2, 0.25) is 0 Å². The summed E-state index contributed by atoms with van der Waals surface area (Å²) in [5.41, 5.74) is 10.3. The van der Waals surface area contributed by atoms with Crippen LogP contribution in [0.2, 0.25) is 0 Å². The van der Waals surface area contributed by atoms with Gasteiger partial charge >= 0.3 is 0 Å². The molecule has 146 valence electrons. The minimum absolute atomic E-state index is 0.104. The molecular formula is C21H23N3O3S. The predicted octanol–water partition coefficient (Wildman–Crippen LogP) is 3.80. The molecule has 0 saturated heterocycles. The van der Waals surface area contributed by atoms with E-state index in [0.29, 0.717) is 17.1 Å². The summed E-state index contributed by atoms with van der Waals surface area (Å²) in [6, 6.07) is 19.4. The first-order valence-corrected chi connectivity index (χ1v) is 10.3. The lowest BCUT2D eigenvalue weighted by Gasteiger charge is -2.16. The first-order chi connectivity index (χ1) is 13.3. The number of rotatable bonds is 6. The summed E-state index contributed by atoms with van der Waals surface area (Å²) in [7, 11) is -3.80. The van der Waals surface area contributed by atoms with Crippen molar-refractivity contribution in [3.05, 3.63) is 72.3 Å². The monoisotopic (exact) mass is 397 g/mol. The van der Waals surface area contributed by atoms with E-state index in [1.165, 1.54) is 12.1 Å². The minimum Gasteiger partial charge on any atom is -0.397 e. The molecule has 5 N–H and O–H groups in total. The van der Waals surface area contributed by atoms with Crippen molar-refractivity contribution in [3.63, 3.8) is 0 Å². The van der Waals surface area contributed by atoms with Gasteiger partial charge in [-0.3, -0.25) is 4.72 Å². The number of nitrogens with two attached hydrogens (primary N) is 1. The Morgan fingerprint density at radius 2 is 1.61 bits per heavy atom. The summed E-state index contributed by atoms with van der Waals surface area (Å²) in [6.45, 7) is 3.45. The summed E-state index contributed by atoms with van der Waals surface area (Å²) in [6.07, 6.45) is -0.730. The van der Waals surface area contributed by atoms with E-state index in [4.69, 9.17) is 5.73 Å². The third-order valence-electron chi connectivity index (χ3n) is 4.38. The van der Waals surface area contributed by atoms with Crippen LogP contribution in [0.1, 0.15) is 12.5 Å². The third-order valence-corrected chi connectivity index (χ3v) is 5.77. The van der Waals surface area contributed by atoms with Crippen molar-refractivity contribution in [3.8, 4) is 11.1 Å². The Morgan fingerprint density at radius 1 is 0.964 bits per heavy atom. The first-order valence-electron chi connectivity index (χ1n) is 8.80. The number of nitrogens with one attached hydrogen (secondary N) is 2. The van der Waals surface area contributed by atoms with E-state index in [0.717, 1.165) is 16.7 Å². The summed E-state index contributed by atoms with van der Waals surface area (Å²) in [4.78, 5) is 0.104. The second-order valence-electron chi connectivity index (χ2n) is 6.52. The van der Waals surface area contributed by atoms with Crippen LogP contribution in [0.25, 0.3) is 11.1 Å². The second-order valence-corrected chi connectivity index (χ2v) is 8.20. The Morgan fingerprint density at radius 3 is 2.21 bits per heavy atom. The smallest absolute Gasteiger partial charge is 0.261 e. The maximum atomic E-state index is 12.7. The molecule has 0 aliphatic heterocycles. The largest absolute Gasteiger partial charge is 0.397 e. The number of aliphatic hydroxyl groups excluding tert-OH is 1. The highest BCUT2D eigenvalue weighted by Gasteiger charge is 2.17. The maximum Gasteiger partial charge on any atom is 0.261 e. The maximum absolute atomic E-state index is 12.7. The van der Waals surface area contributed by atoms with Crippen LogP contribution in [0.3, 0.4) is 0 Å². The fourth-order valence-electron chi connectivity index (χ4n) is 2.92. The van der Waals surface area contributed by atoms with E-state index in [9.17, 15) is 13.5 Å². The van der Waals surface area contributed by atoms with Gasteiger partial charge in [0.25, 0.3) is 10.0 Å². The number of benzene rings is 3. The molecule has 0 amide bonds. The standard InChI is InChI=1S/C21H23N3O3S/c1-14-19(16-6-4-3-5-7-16)12-13-20(21(14)22)24-28(26,27)18-10-8-17(9-11-18)23-15(2)25/h3-13,15,23-25H,22H2,1-2H3. The van der Waals surface area contributed by atoms with Gasteiger partial charge in [-0.2, -0.15) is 0 Å². The highest BCUT2D eigenvalue weighted by molar-refractivity contribution is 7.92. The van der Waals surface area contributed by atoms with E-state index < -0.39 is 16.3 Å². The topological polar surface area (TPSA) is 104 Å². The van der Waals surface area contributed by atoms with Crippen LogP contribution in [0.15, 0.2) is 71.6 Å². The molecule has 0 saturated carbocycles. The van der Waals surface area contributed by atoms with Crippen molar-refractivity contribution in [2.24, 2.45) is 0 Å². The van der Waals surface area contributed by atoms with E-state index in [2.05, 4.69) is 10.0 Å². The van der Waals surface area contributed by atoms with Gasteiger partial charge < -0.3 is 16.2 Å². The van der Waals surface area contributed by atoms with Gasteiger partial charge in [0, 0.05) is 5.69 Å². The van der Waals surface area contributed by atoms with Gasteiger partial charge in [-0.15, -0.1) is 0 Å². The van der Waals surface area contributed by atoms with Crippen molar-refractivity contribution in [1.29, 1.82) is 0 Å². The fourth-order valence-corrected chi connectivity index (χ4v) is 4.00. The van der Waals surface area contributed by atoms with Gasteiger partial charge in [0.15, 0.2) is 0 Å². The quantitative estimate of drug-likeness (QED) is 0.374. The zero-order chi connectivity index (χ0) is 20.3. The SMILES string of the molecule is Cc1c(-c2ccccc2)ccc(NS(=O)(=O)c2ccc(NC(C)O)cc2)c1N. The predicted molar refractivity (Wildman–Crippen MR) is 114 cm³/mol. The lowest BCUT2D eigenvalue weighted by Crippen LogP contribution is -2.16. The number of aliphatic hydroxyl groups is 1. The van der Waals surface area contributed by atoms with E-state index in [-0.39, 0.29) is 4.90 Å². The molecule has 0 aromatic heterocycles. The van der Waals surface area contributed by atoms with E-state index in [1.54, 1.807) is 25.1 Å². The highest BCUT2D eigenvalue weighted by Crippen LogP contribution is 2.33. The van der Waals surface area contributed by atoms with Crippen LogP contribution >= 0.6 is 0 Å². The Balaban J connectivity index is 1.87. The lowest BCUT2D eigenvalue weighted by molar-refractivity contribution is 0.224. The average Bonchev–Trinajstić information content (AvgIpc) is 2.66. The van der Waals surface area contributed by atoms with Crippen molar-refractivity contribution >= 4 is 27.1 Å².